The molecule has 1 aromatic rings. The Hall–Kier alpha value is -1.72. The van der Waals surface area contributed by atoms with Gasteiger partial charge in [0, 0.05) is 12.1 Å². The molecular formula is C9H13N3O3. The van der Waals surface area contributed by atoms with Gasteiger partial charge in [0.25, 0.3) is 5.56 Å². The van der Waals surface area contributed by atoms with Crippen LogP contribution in [0.3, 0.4) is 0 Å². The SMILES string of the molecule is CCOC(=O)N1CCc2c([nH][nH]c2=O)C1. The van der Waals surface area contributed by atoms with Gasteiger partial charge in [-0.15, -0.1) is 0 Å². The van der Waals surface area contributed by atoms with Crippen molar-refractivity contribution in [3.05, 3.63) is 21.6 Å². The molecule has 0 radical (unpaired) electrons. The van der Waals surface area contributed by atoms with Crippen LogP contribution in [-0.2, 0) is 17.7 Å². The average Bonchev–Trinajstić information content (AvgIpc) is 2.60. The van der Waals surface area contributed by atoms with Crippen LogP contribution in [0.2, 0.25) is 0 Å². The van der Waals surface area contributed by atoms with E-state index in [1.165, 1.54) is 0 Å². The fourth-order valence-corrected chi connectivity index (χ4v) is 1.71. The van der Waals surface area contributed by atoms with Crippen LogP contribution in [0.4, 0.5) is 4.79 Å². The molecule has 15 heavy (non-hydrogen) atoms. The Kier molecular flexibility index (Phi) is 2.49. The summed E-state index contributed by atoms with van der Waals surface area (Å²) in [6.07, 6.45) is 0.248. The number of carbonyl (C=O) groups is 1. The molecule has 1 amide bonds. The lowest BCUT2D eigenvalue weighted by molar-refractivity contribution is 0.102. The largest absolute Gasteiger partial charge is 0.450 e. The van der Waals surface area contributed by atoms with E-state index in [9.17, 15) is 9.59 Å². The van der Waals surface area contributed by atoms with Crippen molar-refractivity contribution >= 4 is 6.09 Å². The number of carbonyl (C=O) groups excluding carboxylic acids is 1. The first-order chi connectivity index (χ1) is 7.22. The summed E-state index contributed by atoms with van der Waals surface area (Å²) in [5.41, 5.74) is 1.43. The van der Waals surface area contributed by atoms with E-state index in [-0.39, 0.29) is 11.7 Å². The number of hydrogen-bond acceptors (Lipinski definition) is 3. The van der Waals surface area contributed by atoms with Gasteiger partial charge in [-0.05, 0) is 13.3 Å². The molecule has 0 saturated heterocycles. The molecule has 6 heteroatoms. The summed E-state index contributed by atoms with van der Waals surface area (Å²) >= 11 is 0. The van der Waals surface area contributed by atoms with E-state index in [0.29, 0.717) is 26.1 Å². The first-order valence-corrected chi connectivity index (χ1v) is 4.92. The minimum absolute atomic E-state index is 0.0893. The Balaban J connectivity index is 2.12. The number of nitrogens with one attached hydrogen (secondary N) is 2. The van der Waals surface area contributed by atoms with Gasteiger partial charge < -0.3 is 14.7 Å². The van der Waals surface area contributed by atoms with E-state index in [1.54, 1.807) is 11.8 Å². The molecule has 82 valence electrons. The molecule has 0 spiro atoms. The second-order valence-electron chi connectivity index (χ2n) is 3.41. The number of rotatable bonds is 1. The number of aromatic nitrogens is 2. The number of aromatic amines is 2. The molecule has 0 atom stereocenters. The molecule has 0 fully saturated rings. The lowest BCUT2D eigenvalue weighted by Crippen LogP contribution is -2.37. The molecule has 0 aliphatic carbocycles. The van der Waals surface area contributed by atoms with Crippen molar-refractivity contribution in [3.8, 4) is 0 Å². The summed E-state index contributed by atoms with van der Waals surface area (Å²) in [6.45, 7) is 3.08. The zero-order valence-corrected chi connectivity index (χ0v) is 8.50. The highest BCUT2D eigenvalue weighted by Gasteiger charge is 2.24. The quantitative estimate of drug-likeness (QED) is 0.697. The van der Waals surface area contributed by atoms with Crippen molar-refractivity contribution in [2.75, 3.05) is 13.2 Å². The van der Waals surface area contributed by atoms with E-state index in [2.05, 4.69) is 10.2 Å². The molecule has 0 unspecified atom stereocenters. The van der Waals surface area contributed by atoms with Crippen LogP contribution in [0.1, 0.15) is 18.2 Å². The van der Waals surface area contributed by atoms with Gasteiger partial charge in [0.05, 0.1) is 18.8 Å². The third-order valence-corrected chi connectivity index (χ3v) is 2.47. The van der Waals surface area contributed by atoms with Gasteiger partial charge in [-0.2, -0.15) is 0 Å². The molecule has 1 aliphatic heterocycles. The van der Waals surface area contributed by atoms with Crippen LogP contribution in [0.25, 0.3) is 0 Å². The van der Waals surface area contributed by atoms with Crippen LogP contribution in [0.5, 0.6) is 0 Å². The summed E-state index contributed by atoms with van der Waals surface area (Å²) in [5.74, 6) is 0. The summed E-state index contributed by atoms with van der Waals surface area (Å²) in [7, 11) is 0. The van der Waals surface area contributed by atoms with E-state index in [0.717, 1.165) is 11.3 Å². The van der Waals surface area contributed by atoms with Gasteiger partial charge in [-0.25, -0.2) is 4.79 Å². The minimum Gasteiger partial charge on any atom is -0.450 e. The third-order valence-electron chi connectivity index (χ3n) is 2.47. The zero-order valence-electron chi connectivity index (χ0n) is 8.50. The van der Waals surface area contributed by atoms with Crippen molar-refractivity contribution in [1.29, 1.82) is 0 Å². The maximum atomic E-state index is 11.4. The number of fused-ring (bicyclic) bond motifs is 1. The highest BCUT2D eigenvalue weighted by atomic mass is 16.6. The summed E-state index contributed by atoms with van der Waals surface area (Å²) in [5, 5.41) is 5.28. The van der Waals surface area contributed by atoms with Gasteiger partial charge in [0.1, 0.15) is 0 Å². The number of amides is 1. The molecule has 2 N–H and O–H groups in total. The predicted molar refractivity (Wildman–Crippen MR) is 52.5 cm³/mol. The Labute approximate surface area is 86.2 Å². The third kappa shape index (κ3) is 1.74. The number of H-pyrrole nitrogens is 2. The first-order valence-electron chi connectivity index (χ1n) is 4.92. The van der Waals surface area contributed by atoms with Crippen LogP contribution >= 0.6 is 0 Å². The van der Waals surface area contributed by atoms with Crippen molar-refractivity contribution in [1.82, 2.24) is 15.1 Å². The molecular weight excluding hydrogens is 198 g/mol. The average molecular weight is 211 g/mol. The second kappa shape index (κ2) is 3.80. The number of nitrogens with zero attached hydrogens (tertiary/aromatic N) is 1. The standard InChI is InChI=1S/C9H13N3O3/c1-2-15-9(14)12-4-3-6-7(5-12)10-11-8(6)13/h2-5H2,1H3,(H2,10,11,13). The number of hydrogen-bond donors (Lipinski definition) is 2. The Morgan fingerprint density at radius 3 is 3.07 bits per heavy atom. The molecule has 0 saturated carbocycles. The molecule has 1 aliphatic rings. The second-order valence-corrected chi connectivity index (χ2v) is 3.41. The van der Waals surface area contributed by atoms with Crippen LogP contribution in [0, 0.1) is 0 Å². The van der Waals surface area contributed by atoms with Crippen LogP contribution in [0.15, 0.2) is 4.79 Å². The molecule has 1 aromatic heterocycles. The summed E-state index contributed by atoms with van der Waals surface area (Å²) in [6, 6.07) is 0. The van der Waals surface area contributed by atoms with Crippen LogP contribution < -0.4 is 5.56 Å². The molecule has 2 heterocycles. The van der Waals surface area contributed by atoms with Gasteiger partial charge in [-0.3, -0.25) is 9.89 Å². The lowest BCUT2D eigenvalue weighted by atomic mass is 10.1. The van der Waals surface area contributed by atoms with Gasteiger partial charge >= 0.3 is 6.09 Å². The normalized spacial score (nSPS) is 14.9. The number of ether oxygens (including phenoxy) is 1. The van der Waals surface area contributed by atoms with Gasteiger partial charge in [0.2, 0.25) is 0 Å². The van der Waals surface area contributed by atoms with Crippen molar-refractivity contribution < 1.29 is 9.53 Å². The van der Waals surface area contributed by atoms with Gasteiger partial charge in [0.15, 0.2) is 0 Å². The van der Waals surface area contributed by atoms with Crippen molar-refractivity contribution in [3.63, 3.8) is 0 Å². The minimum atomic E-state index is -0.329. The monoisotopic (exact) mass is 211 g/mol. The van der Waals surface area contributed by atoms with Crippen molar-refractivity contribution in [2.45, 2.75) is 19.9 Å². The highest BCUT2D eigenvalue weighted by molar-refractivity contribution is 5.67. The van der Waals surface area contributed by atoms with Crippen LogP contribution in [-0.4, -0.2) is 34.3 Å². The molecule has 6 nitrogen and oxygen atoms in total. The van der Waals surface area contributed by atoms with Gasteiger partial charge in [-0.1, -0.05) is 0 Å². The first kappa shape index (κ1) is 9.82. The molecule has 0 aromatic carbocycles. The highest BCUT2D eigenvalue weighted by Crippen LogP contribution is 2.13. The topological polar surface area (TPSA) is 78.2 Å². The fourth-order valence-electron chi connectivity index (χ4n) is 1.71. The van der Waals surface area contributed by atoms with E-state index < -0.39 is 0 Å². The maximum absolute atomic E-state index is 11.4. The van der Waals surface area contributed by atoms with Crippen molar-refractivity contribution in [2.24, 2.45) is 0 Å². The fraction of sp³-hybridized carbons (Fsp3) is 0.556. The molecule has 0 bridgehead atoms. The van der Waals surface area contributed by atoms with E-state index >= 15 is 0 Å². The molecule has 2 rings (SSSR count). The Morgan fingerprint density at radius 1 is 1.53 bits per heavy atom. The van der Waals surface area contributed by atoms with E-state index in [4.69, 9.17) is 4.74 Å². The smallest absolute Gasteiger partial charge is 0.410 e. The zero-order chi connectivity index (χ0) is 10.8. The summed E-state index contributed by atoms with van der Waals surface area (Å²) < 4.78 is 4.89. The maximum Gasteiger partial charge on any atom is 0.410 e. The van der Waals surface area contributed by atoms with E-state index in [1.807, 2.05) is 0 Å². The lowest BCUT2D eigenvalue weighted by Gasteiger charge is -2.25. The predicted octanol–water partition coefficient (Wildman–Crippen LogP) is 0.218. The Morgan fingerprint density at radius 2 is 2.33 bits per heavy atom. The summed E-state index contributed by atoms with van der Waals surface area (Å²) in [4.78, 5) is 24.2. The Bertz CT molecular complexity index is 420.